The average molecular weight is 348 g/mol. The second kappa shape index (κ2) is 6.46. The first kappa shape index (κ1) is 16.8. The van der Waals surface area contributed by atoms with E-state index in [0.29, 0.717) is 17.8 Å². The van der Waals surface area contributed by atoms with Crippen LogP contribution in [0.3, 0.4) is 0 Å². The van der Waals surface area contributed by atoms with Crippen molar-refractivity contribution in [1.29, 1.82) is 0 Å². The molecule has 0 fully saturated rings. The van der Waals surface area contributed by atoms with Gasteiger partial charge in [0, 0.05) is 25.1 Å². The fraction of sp³-hybridized carbons (Fsp3) is 0.176. The molecule has 2 heterocycles. The Kier molecular flexibility index (Phi) is 4.35. The molecule has 3 rings (SSSR count). The summed E-state index contributed by atoms with van der Waals surface area (Å²) in [7, 11) is 0. The molecule has 0 unspecified atom stereocenters. The Morgan fingerprint density at radius 3 is 2.48 bits per heavy atom. The van der Waals surface area contributed by atoms with E-state index >= 15 is 0 Å². The number of nitrogens with one attached hydrogen (secondary N) is 2. The topological polar surface area (TPSA) is 62.7 Å². The van der Waals surface area contributed by atoms with Gasteiger partial charge in [-0.2, -0.15) is 18.3 Å². The molecule has 0 radical (unpaired) electrons. The maximum atomic E-state index is 12.6. The predicted molar refractivity (Wildman–Crippen MR) is 85.3 cm³/mol. The number of alkyl halides is 3. The first-order chi connectivity index (χ1) is 11.8. The number of hydrogen-bond donors (Lipinski definition) is 2. The fourth-order valence-electron chi connectivity index (χ4n) is 2.35. The highest BCUT2D eigenvalue weighted by Gasteiger charge is 2.33. The highest BCUT2D eigenvalue weighted by molar-refractivity contribution is 5.95. The van der Waals surface area contributed by atoms with Crippen LogP contribution >= 0.6 is 0 Å². The number of aryl methyl sites for hydroxylation is 1. The molecule has 0 aliphatic heterocycles. The van der Waals surface area contributed by atoms with Crippen molar-refractivity contribution in [2.45, 2.75) is 19.6 Å². The van der Waals surface area contributed by atoms with E-state index in [1.165, 1.54) is 6.20 Å². The van der Waals surface area contributed by atoms with E-state index < -0.39 is 11.9 Å². The van der Waals surface area contributed by atoms with Crippen molar-refractivity contribution in [3.63, 3.8) is 0 Å². The molecular formula is C17H15F3N4O. The molecule has 8 heteroatoms. The first-order valence-electron chi connectivity index (χ1n) is 7.48. The Labute approximate surface area is 141 Å². The van der Waals surface area contributed by atoms with Gasteiger partial charge in [0.05, 0.1) is 11.3 Å². The van der Waals surface area contributed by atoms with E-state index in [1.807, 2.05) is 6.92 Å². The largest absolute Gasteiger partial charge is 0.435 e. The molecule has 5 nitrogen and oxygen atoms in total. The van der Waals surface area contributed by atoms with Gasteiger partial charge in [0.1, 0.15) is 0 Å². The number of amides is 1. The molecule has 1 amide bonds. The Morgan fingerprint density at radius 2 is 1.92 bits per heavy atom. The Bertz CT molecular complexity index is 878. The van der Waals surface area contributed by atoms with Crippen LogP contribution in [0.2, 0.25) is 0 Å². The van der Waals surface area contributed by atoms with Gasteiger partial charge in [-0.25, -0.2) is 4.68 Å². The molecule has 3 aromatic rings. The predicted octanol–water partition coefficient (Wildman–Crippen LogP) is 3.46. The standard InChI is InChI=1S/C17H15F3N4O/c1-11-8-21-10-14(11)16(25)22-9-12-2-4-13(5-3-12)24-7-6-15(23-24)17(18,19)20/h2-8,10,21H,9H2,1H3,(H,22,25). The number of carbonyl (C=O) groups is 1. The van der Waals surface area contributed by atoms with E-state index in [0.717, 1.165) is 21.9 Å². The zero-order valence-corrected chi connectivity index (χ0v) is 13.3. The van der Waals surface area contributed by atoms with Crippen molar-refractivity contribution >= 4 is 5.91 Å². The van der Waals surface area contributed by atoms with E-state index in [4.69, 9.17) is 0 Å². The van der Waals surface area contributed by atoms with Gasteiger partial charge in [-0.3, -0.25) is 4.79 Å². The molecule has 0 aliphatic rings. The summed E-state index contributed by atoms with van der Waals surface area (Å²) in [6, 6.07) is 7.68. The van der Waals surface area contributed by atoms with Crippen molar-refractivity contribution < 1.29 is 18.0 Å². The number of H-pyrrole nitrogens is 1. The lowest BCUT2D eigenvalue weighted by Gasteiger charge is -2.07. The number of halogens is 3. The van der Waals surface area contributed by atoms with Gasteiger partial charge in [-0.15, -0.1) is 0 Å². The summed E-state index contributed by atoms with van der Waals surface area (Å²) in [5, 5.41) is 6.31. The minimum atomic E-state index is -4.47. The zero-order chi connectivity index (χ0) is 18.0. The average Bonchev–Trinajstić information content (AvgIpc) is 3.22. The van der Waals surface area contributed by atoms with Crippen molar-refractivity contribution in [3.8, 4) is 5.69 Å². The molecule has 2 aromatic heterocycles. The first-order valence-corrected chi connectivity index (χ1v) is 7.48. The summed E-state index contributed by atoms with van der Waals surface area (Å²) in [5.41, 5.74) is 1.83. The van der Waals surface area contributed by atoms with Crippen molar-refractivity contribution in [3.05, 3.63) is 71.3 Å². The van der Waals surface area contributed by atoms with Crippen molar-refractivity contribution in [1.82, 2.24) is 20.1 Å². The molecule has 130 valence electrons. The van der Waals surface area contributed by atoms with Crippen LogP contribution < -0.4 is 5.32 Å². The van der Waals surface area contributed by atoms with Gasteiger partial charge in [-0.05, 0) is 36.2 Å². The van der Waals surface area contributed by atoms with Crippen molar-refractivity contribution in [2.24, 2.45) is 0 Å². The van der Waals surface area contributed by atoms with E-state index in [-0.39, 0.29) is 5.91 Å². The van der Waals surface area contributed by atoms with E-state index in [9.17, 15) is 18.0 Å². The third-order valence-electron chi connectivity index (χ3n) is 3.73. The number of rotatable bonds is 4. The van der Waals surface area contributed by atoms with E-state index in [1.54, 1.807) is 36.7 Å². The second-order valence-electron chi connectivity index (χ2n) is 5.54. The molecule has 2 N–H and O–H groups in total. The molecule has 1 aromatic carbocycles. The quantitative estimate of drug-likeness (QED) is 0.758. The highest BCUT2D eigenvalue weighted by Crippen LogP contribution is 2.27. The Hall–Kier alpha value is -3.03. The summed E-state index contributed by atoms with van der Waals surface area (Å²) in [6.45, 7) is 2.15. The Morgan fingerprint density at radius 1 is 1.20 bits per heavy atom. The molecule has 0 bridgehead atoms. The van der Waals surface area contributed by atoms with E-state index in [2.05, 4.69) is 15.4 Å². The normalized spacial score (nSPS) is 11.5. The van der Waals surface area contributed by atoms with Gasteiger partial charge in [0.25, 0.3) is 5.91 Å². The summed E-state index contributed by atoms with van der Waals surface area (Å²) >= 11 is 0. The molecule has 0 spiro atoms. The number of aromatic nitrogens is 3. The van der Waals surface area contributed by atoms with Crippen LogP contribution in [-0.2, 0) is 12.7 Å². The van der Waals surface area contributed by atoms with Gasteiger partial charge < -0.3 is 10.3 Å². The third kappa shape index (κ3) is 3.73. The maximum absolute atomic E-state index is 12.6. The van der Waals surface area contributed by atoms with Crippen LogP contribution in [0, 0.1) is 6.92 Å². The lowest BCUT2D eigenvalue weighted by Crippen LogP contribution is -2.22. The molecule has 0 saturated heterocycles. The lowest BCUT2D eigenvalue weighted by atomic mass is 10.2. The van der Waals surface area contributed by atoms with Crippen LogP contribution in [0.15, 0.2) is 48.9 Å². The highest BCUT2D eigenvalue weighted by atomic mass is 19.4. The Balaban J connectivity index is 1.65. The molecular weight excluding hydrogens is 333 g/mol. The summed E-state index contributed by atoms with van der Waals surface area (Å²) in [4.78, 5) is 14.9. The lowest BCUT2D eigenvalue weighted by molar-refractivity contribution is -0.141. The summed E-state index contributed by atoms with van der Waals surface area (Å²) in [6.07, 6.45) is 0.160. The van der Waals surface area contributed by atoms with Crippen LogP contribution in [0.25, 0.3) is 5.69 Å². The minimum Gasteiger partial charge on any atom is -0.367 e. The number of hydrogen-bond acceptors (Lipinski definition) is 2. The van der Waals surface area contributed by atoms with Crippen molar-refractivity contribution in [2.75, 3.05) is 0 Å². The molecule has 0 atom stereocenters. The van der Waals surface area contributed by atoms with Gasteiger partial charge in [0.15, 0.2) is 5.69 Å². The smallest absolute Gasteiger partial charge is 0.367 e. The summed E-state index contributed by atoms with van der Waals surface area (Å²) < 4.78 is 38.9. The number of aromatic amines is 1. The number of nitrogens with zero attached hydrogens (tertiary/aromatic N) is 2. The SMILES string of the molecule is Cc1c[nH]cc1C(=O)NCc1ccc(-n2ccc(C(F)(F)F)n2)cc1. The van der Waals surface area contributed by atoms with Crippen LogP contribution in [0.4, 0.5) is 13.2 Å². The minimum absolute atomic E-state index is 0.190. The third-order valence-corrected chi connectivity index (χ3v) is 3.73. The maximum Gasteiger partial charge on any atom is 0.435 e. The molecule has 0 saturated carbocycles. The van der Waals surface area contributed by atoms with Crippen LogP contribution in [-0.4, -0.2) is 20.7 Å². The van der Waals surface area contributed by atoms with Gasteiger partial charge in [-0.1, -0.05) is 12.1 Å². The molecule has 25 heavy (non-hydrogen) atoms. The monoisotopic (exact) mass is 348 g/mol. The van der Waals surface area contributed by atoms with Gasteiger partial charge >= 0.3 is 6.18 Å². The van der Waals surface area contributed by atoms with Crippen LogP contribution in [0.5, 0.6) is 0 Å². The van der Waals surface area contributed by atoms with Gasteiger partial charge in [0.2, 0.25) is 0 Å². The van der Waals surface area contributed by atoms with Crippen LogP contribution in [0.1, 0.15) is 27.2 Å². The summed E-state index contributed by atoms with van der Waals surface area (Å²) in [5.74, 6) is -0.190. The number of benzene rings is 1. The molecule has 0 aliphatic carbocycles. The number of carbonyl (C=O) groups excluding carboxylic acids is 1. The second-order valence-corrected chi connectivity index (χ2v) is 5.54. The zero-order valence-electron chi connectivity index (χ0n) is 13.3. The fourth-order valence-corrected chi connectivity index (χ4v) is 2.35.